The van der Waals surface area contributed by atoms with Gasteiger partial charge in [-0.15, -0.1) is 0 Å². The van der Waals surface area contributed by atoms with Gasteiger partial charge in [0.15, 0.2) is 17.5 Å². The first-order valence-corrected chi connectivity index (χ1v) is 6.11. The number of benzene rings is 2. The fourth-order valence-electron chi connectivity index (χ4n) is 1.60. The number of carbonyl (C=O) groups is 1. The van der Waals surface area contributed by atoms with E-state index in [0.717, 1.165) is 12.3 Å². The molecular formula is C15H10F4N2O. The maximum absolute atomic E-state index is 13.3. The van der Waals surface area contributed by atoms with Crippen molar-refractivity contribution in [2.45, 2.75) is 0 Å². The second-order valence-electron chi connectivity index (χ2n) is 4.18. The SMILES string of the molecule is O=C(N/C=C/c1ccccc1F)Nc1ccc(F)c(F)c1F. The van der Waals surface area contributed by atoms with Crippen LogP contribution in [0.15, 0.2) is 42.6 Å². The molecule has 0 aliphatic carbocycles. The molecule has 2 rings (SSSR count). The summed E-state index contributed by atoms with van der Waals surface area (Å²) in [5.41, 5.74) is -0.280. The zero-order valence-corrected chi connectivity index (χ0v) is 11.0. The van der Waals surface area contributed by atoms with Crippen molar-refractivity contribution in [2.24, 2.45) is 0 Å². The topological polar surface area (TPSA) is 41.1 Å². The van der Waals surface area contributed by atoms with Gasteiger partial charge in [-0.3, -0.25) is 0 Å². The number of amides is 2. The molecule has 0 aliphatic heterocycles. The molecule has 0 aliphatic rings. The molecule has 0 saturated carbocycles. The summed E-state index contributed by atoms with van der Waals surface area (Å²) in [5.74, 6) is -5.02. The number of hydrogen-bond acceptors (Lipinski definition) is 1. The lowest BCUT2D eigenvalue weighted by Gasteiger charge is -2.06. The van der Waals surface area contributed by atoms with Crippen molar-refractivity contribution in [2.75, 3.05) is 5.32 Å². The van der Waals surface area contributed by atoms with Gasteiger partial charge in [0.2, 0.25) is 0 Å². The number of rotatable bonds is 3. The summed E-state index contributed by atoms with van der Waals surface area (Å²) < 4.78 is 52.3. The molecule has 3 nitrogen and oxygen atoms in total. The molecule has 0 spiro atoms. The quantitative estimate of drug-likeness (QED) is 0.652. The standard InChI is InChI=1S/C15H10F4N2O/c16-10-4-2-1-3-9(10)7-8-20-15(22)21-12-6-5-11(17)13(18)14(12)19/h1-8H,(H2,20,21,22)/b8-7+. The van der Waals surface area contributed by atoms with Crippen LogP contribution in [0.2, 0.25) is 0 Å². The Hall–Kier alpha value is -2.83. The van der Waals surface area contributed by atoms with Crippen LogP contribution in [0.25, 0.3) is 6.08 Å². The number of hydrogen-bond donors (Lipinski definition) is 2. The van der Waals surface area contributed by atoms with Crippen molar-refractivity contribution in [3.05, 3.63) is 71.4 Å². The van der Waals surface area contributed by atoms with E-state index in [1.807, 2.05) is 5.32 Å². The van der Waals surface area contributed by atoms with Gasteiger partial charge in [0.05, 0.1) is 5.69 Å². The van der Waals surface area contributed by atoms with E-state index in [-0.39, 0.29) is 5.56 Å². The minimum absolute atomic E-state index is 0.238. The van der Waals surface area contributed by atoms with Gasteiger partial charge in [0.1, 0.15) is 5.82 Å². The predicted molar refractivity (Wildman–Crippen MR) is 73.9 cm³/mol. The van der Waals surface area contributed by atoms with E-state index in [1.54, 1.807) is 6.07 Å². The van der Waals surface area contributed by atoms with Crippen LogP contribution in [-0.4, -0.2) is 6.03 Å². The molecule has 2 amide bonds. The van der Waals surface area contributed by atoms with E-state index in [2.05, 4.69) is 5.32 Å². The van der Waals surface area contributed by atoms with Gasteiger partial charge in [0, 0.05) is 11.8 Å². The zero-order valence-electron chi connectivity index (χ0n) is 11.0. The summed E-state index contributed by atoms with van der Waals surface area (Å²) in [4.78, 5) is 11.5. The molecule has 0 atom stereocenters. The van der Waals surface area contributed by atoms with Crippen molar-refractivity contribution in [3.63, 3.8) is 0 Å². The van der Waals surface area contributed by atoms with Gasteiger partial charge in [-0.25, -0.2) is 22.4 Å². The second kappa shape index (κ2) is 6.75. The molecule has 7 heteroatoms. The van der Waals surface area contributed by atoms with Crippen LogP contribution in [0.3, 0.4) is 0 Å². The molecule has 0 unspecified atom stereocenters. The molecular weight excluding hydrogens is 300 g/mol. The van der Waals surface area contributed by atoms with Crippen LogP contribution in [0.1, 0.15) is 5.56 Å². The lowest BCUT2D eigenvalue weighted by Crippen LogP contribution is -2.24. The summed E-state index contributed by atoms with van der Waals surface area (Å²) in [6, 6.07) is 6.53. The van der Waals surface area contributed by atoms with Crippen molar-refractivity contribution in [3.8, 4) is 0 Å². The third kappa shape index (κ3) is 3.63. The number of carbonyl (C=O) groups excluding carboxylic acids is 1. The molecule has 0 fully saturated rings. The normalized spacial score (nSPS) is 10.7. The van der Waals surface area contributed by atoms with Crippen molar-refractivity contribution in [1.29, 1.82) is 0 Å². The van der Waals surface area contributed by atoms with E-state index in [0.29, 0.717) is 6.07 Å². The molecule has 0 saturated heterocycles. The van der Waals surface area contributed by atoms with Crippen molar-refractivity contribution in [1.82, 2.24) is 5.32 Å². The van der Waals surface area contributed by atoms with Gasteiger partial charge in [0.25, 0.3) is 0 Å². The molecule has 2 aromatic rings. The minimum atomic E-state index is -1.68. The van der Waals surface area contributed by atoms with E-state index in [9.17, 15) is 22.4 Å². The lowest BCUT2D eigenvalue weighted by atomic mass is 10.2. The number of nitrogens with one attached hydrogen (secondary N) is 2. The molecule has 0 bridgehead atoms. The molecule has 0 radical (unpaired) electrons. The summed E-state index contributed by atoms with van der Waals surface area (Å²) in [5, 5.41) is 4.19. The first kappa shape index (κ1) is 15.6. The molecule has 2 N–H and O–H groups in total. The van der Waals surface area contributed by atoms with Gasteiger partial charge >= 0.3 is 6.03 Å². The third-order valence-corrected chi connectivity index (χ3v) is 2.67. The smallest absolute Gasteiger partial charge is 0.314 e. The highest BCUT2D eigenvalue weighted by atomic mass is 19.2. The third-order valence-electron chi connectivity index (χ3n) is 2.67. The van der Waals surface area contributed by atoms with Crippen LogP contribution in [0.4, 0.5) is 28.0 Å². The number of anilines is 1. The Bertz CT molecular complexity index is 731. The maximum atomic E-state index is 13.3. The molecule has 0 heterocycles. The zero-order chi connectivity index (χ0) is 16.1. The summed E-state index contributed by atoms with van der Waals surface area (Å²) in [6.45, 7) is 0. The fourth-order valence-corrected chi connectivity index (χ4v) is 1.60. The molecule has 2 aromatic carbocycles. The number of halogens is 4. The first-order chi connectivity index (χ1) is 10.5. The predicted octanol–water partition coefficient (Wildman–Crippen LogP) is 4.04. The Morgan fingerprint density at radius 3 is 2.36 bits per heavy atom. The average Bonchev–Trinajstić information content (AvgIpc) is 2.50. The lowest BCUT2D eigenvalue weighted by molar-refractivity contribution is 0.255. The van der Waals surface area contributed by atoms with Gasteiger partial charge in [-0.1, -0.05) is 18.2 Å². The molecule has 22 heavy (non-hydrogen) atoms. The van der Waals surface area contributed by atoms with E-state index >= 15 is 0 Å². The van der Waals surface area contributed by atoms with Crippen LogP contribution in [0.5, 0.6) is 0 Å². The van der Waals surface area contributed by atoms with E-state index < -0.39 is 35.0 Å². The number of urea groups is 1. The summed E-state index contributed by atoms with van der Waals surface area (Å²) in [6.07, 6.45) is 2.42. The minimum Gasteiger partial charge on any atom is -0.314 e. The van der Waals surface area contributed by atoms with Crippen LogP contribution in [-0.2, 0) is 0 Å². The Balaban J connectivity index is 1.99. The maximum Gasteiger partial charge on any atom is 0.323 e. The van der Waals surface area contributed by atoms with Crippen LogP contribution < -0.4 is 10.6 Å². The highest BCUT2D eigenvalue weighted by molar-refractivity contribution is 5.90. The van der Waals surface area contributed by atoms with Gasteiger partial charge in [-0.2, -0.15) is 0 Å². The van der Waals surface area contributed by atoms with Crippen LogP contribution >= 0.6 is 0 Å². The Morgan fingerprint density at radius 2 is 1.64 bits per heavy atom. The van der Waals surface area contributed by atoms with Crippen LogP contribution in [0, 0.1) is 23.3 Å². The largest absolute Gasteiger partial charge is 0.323 e. The van der Waals surface area contributed by atoms with Gasteiger partial charge in [-0.05, 0) is 24.3 Å². The average molecular weight is 310 g/mol. The van der Waals surface area contributed by atoms with E-state index in [4.69, 9.17) is 0 Å². The highest BCUT2D eigenvalue weighted by Gasteiger charge is 2.14. The molecule has 0 aromatic heterocycles. The Labute approximate surface area is 123 Å². The van der Waals surface area contributed by atoms with Crippen molar-refractivity contribution < 1.29 is 22.4 Å². The highest BCUT2D eigenvalue weighted by Crippen LogP contribution is 2.19. The molecule has 114 valence electrons. The van der Waals surface area contributed by atoms with E-state index in [1.165, 1.54) is 24.3 Å². The van der Waals surface area contributed by atoms with Gasteiger partial charge < -0.3 is 10.6 Å². The summed E-state index contributed by atoms with van der Waals surface area (Å²) >= 11 is 0. The first-order valence-electron chi connectivity index (χ1n) is 6.11. The second-order valence-corrected chi connectivity index (χ2v) is 4.18. The Morgan fingerprint density at radius 1 is 0.909 bits per heavy atom. The fraction of sp³-hybridized carbons (Fsp3) is 0. The summed E-state index contributed by atoms with van der Waals surface area (Å²) in [7, 11) is 0. The Kier molecular flexibility index (Phi) is 4.77. The van der Waals surface area contributed by atoms with Crippen molar-refractivity contribution >= 4 is 17.8 Å². The monoisotopic (exact) mass is 310 g/mol.